The lowest BCUT2D eigenvalue weighted by atomic mass is 9.34. The van der Waals surface area contributed by atoms with Gasteiger partial charge in [0.05, 0.1) is 56.1 Å². The Hall–Kier alpha value is -10.8. The van der Waals surface area contributed by atoms with E-state index in [4.69, 9.17) is 4.74 Å². The quantitative estimate of drug-likeness (QED) is 0.156. The molecule has 0 saturated heterocycles. The van der Waals surface area contributed by atoms with E-state index in [1.807, 2.05) is 12.1 Å². The average Bonchev–Trinajstić information content (AvgIpc) is 1.10. The molecule has 0 atom stereocenters. The predicted molar refractivity (Wildman–Crippen MR) is 406 cm³/mol. The van der Waals surface area contributed by atoms with Gasteiger partial charge in [-0.3, -0.25) is 0 Å². The number of benzene rings is 12. The van der Waals surface area contributed by atoms with Crippen LogP contribution in [0.3, 0.4) is 0 Å². The number of hydrogen-bond acceptors (Lipinski definition) is 3. The zero-order valence-electron chi connectivity index (χ0n) is 56.8. The molecular formula is C89H76BN5O. The van der Waals surface area contributed by atoms with Crippen molar-refractivity contribution in [1.82, 2.24) is 13.7 Å². The van der Waals surface area contributed by atoms with Crippen LogP contribution in [-0.4, -0.2) is 20.4 Å². The second-order valence-electron chi connectivity index (χ2n) is 30.9. The van der Waals surface area contributed by atoms with Crippen molar-refractivity contribution >= 4 is 106 Å². The van der Waals surface area contributed by atoms with E-state index in [-0.39, 0.29) is 28.4 Å². The van der Waals surface area contributed by atoms with Gasteiger partial charge in [-0.1, -0.05) is 223 Å². The van der Waals surface area contributed by atoms with Crippen molar-refractivity contribution in [2.24, 2.45) is 0 Å². The Morgan fingerprint density at radius 2 is 0.802 bits per heavy atom. The monoisotopic (exact) mass is 1240 g/mol. The molecule has 0 amide bonds. The Balaban J connectivity index is 1.04. The Morgan fingerprint density at radius 1 is 0.354 bits per heavy atom. The second kappa shape index (κ2) is 21.1. The molecule has 0 saturated carbocycles. The van der Waals surface area contributed by atoms with Crippen LogP contribution in [0.4, 0.5) is 17.1 Å². The third kappa shape index (κ3) is 9.12. The summed E-state index contributed by atoms with van der Waals surface area (Å²) in [5.74, 6) is 1.60. The fourth-order valence-electron chi connectivity index (χ4n) is 15.6. The summed E-state index contributed by atoms with van der Waals surface area (Å²) in [4.78, 5) is 2.62. The van der Waals surface area contributed by atoms with Crippen molar-refractivity contribution in [1.29, 1.82) is 5.26 Å². The number of ether oxygens (including phenoxy) is 1. The molecule has 7 heteroatoms. The Labute approximate surface area is 563 Å². The van der Waals surface area contributed by atoms with E-state index in [1.165, 1.54) is 49.3 Å². The normalized spacial score (nSPS) is 13.2. The first-order chi connectivity index (χ1) is 46.1. The van der Waals surface area contributed by atoms with Crippen LogP contribution in [0.15, 0.2) is 243 Å². The number of aromatic nitrogens is 3. The summed E-state index contributed by atoms with van der Waals surface area (Å²) in [6, 6.07) is 93.2. The highest BCUT2D eigenvalue weighted by Crippen LogP contribution is 2.52. The summed E-state index contributed by atoms with van der Waals surface area (Å²) < 4.78 is 15.4. The predicted octanol–water partition coefficient (Wildman–Crippen LogP) is 21.8. The standard InChI is InChI=1S/C89H76BN5O/c1-86(2,3)57-32-42-75-68(46-57)69-47-58(87(4,5)6)33-43-76(69)92(75)62-38-40-72-79(50-62)95(83-64(55-22-15-13-16-23-55)27-21-28-65(83)56-24-17-14-18-25-56)80-51-63(93-77-44-34-59(88(7,8)9)48-70(77)71-49-60(89(10,11)12)35-45-78(71)93)52-81-82(80)90(72)73-41-39-67-66-26-19-20-29-74(66)94(84(67)85(73)96-81)61-36-30-54(53-91)31-37-61/h13-52H,1-12H3. The van der Waals surface area contributed by atoms with Crippen LogP contribution in [0.5, 0.6) is 11.5 Å². The van der Waals surface area contributed by atoms with Gasteiger partial charge in [-0.05, 0) is 168 Å². The van der Waals surface area contributed by atoms with Crippen LogP contribution in [0.2, 0.25) is 0 Å². The number of fused-ring (bicyclic) bond motifs is 14. The van der Waals surface area contributed by atoms with Crippen LogP contribution >= 0.6 is 0 Å². The molecule has 15 aromatic rings. The Kier molecular flexibility index (Phi) is 13.0. The third-order valence-corrected chi connectivity index (χ3v) is 20.7. The summed E-state index contributed by atoms with van der Waals surface area (Å²) in [7, 11) is 0. The third-order valence-electron chi connectivity index (χ3n) is 20.7. The van der Waals surface area contributed by atoms with Crippen LogP contribution in [0, 0.1) is 11.3 Å². The molecular weight excluding hydrogens is 1170 g/mol. The highest BCUT2D eigenvalue weighted by molar-refractivity contribution is 6.99. The van der Waals surface area contributed by atoms with Crippen LogP contribution < -0.4 is 26.0 Å². The zero-order valence-corrected chi connectivity index (χ0v) is 56.8. The minimum Gasteiger partial charge on any atom is -0.456 e. The Morgan fingerprint density at radius 3 is 1.30 bits per heavy atom. The summed E-state index contributed by atoms with van der Waals surface area (Å²) in [5, 5.41) is 17.2. The van der Waals surface area contributed by atoms with E-state index in [0.717, 1.165) is 123 Å². The number of hydrogen-bond donors (Lipinski definition) is 0. The first-order valence-electron chi connectivity index (χ1n) is 33.9. The largest absolute Gasteiger partial charge is 0.456 e. The molecule has 17 rings (SSSR count). The molecule has 0 bridgehead atoms. The van der Waals surface area contributed by atoms with E-state index in [2.05, 4.69) is 338 Å². The number of nitriles is 1. The summed E-state index contributed by atoms with van der Waals surface area (Å²) >= 11 is 0. The second-order valence-corrected chi connectivity index (χ2v) is 30.9. The summed E-state index contributed by atoms with van der Waals surface area (Å²) in [6.07, 6.45) is 0. The van der Waals surface area contributed by atoms with Crippen molar-refractivity contribution in [3.8, 4) is 56.9 Å². The van der Waals surface area contributed by atoms with Crippen LogP contribution in [-0.2, 0) is 21.7 Å². The molecule has 2 aliphatic rings. The first-order valence-corrected chi connectivity index (χ1v) is 33.9. The number of anilines is 3. The molecule has 6 nitrogen and oxygen atoms in total. The SMILES string of the molecule is CC(C)(C)c1ccc2c(c1)c1cc(C(C)(C)C)ccc1n2-c1ccc2c(c1)N(c1c(-c3ccccc3)cccc1-c1ccccc1)c1cc(-n3c4ccc(C(C)(C)C)cc4c4cc(C(C)(C)C)ccc43)cc3c1B2c1ccc2c4ccccc4n(-c4ccc(C#N)cc4)c2c1O3. The van der Waals surface area contributed by atoms with Crippen LogP contribution in [0.25, 0.3) is 105 Å². The lowest BCUT2D eigenvalue weighted by molar-refractivity contribution is 0.491. The Bertz CT molecular complexity index is 5590. The molecule has 0 spiro atoms. The van der Waals surface area contributed by atoms with E-state index < -0.39 is 0 Å². The molecule has 3 aromatic heterocycles. The van der Waals surface area contributed by atoms with Crippen molar-refractivity contribution in [3.05, 3.63) is 270 Å². The number of nitrogens with zero attached hydrogens (tertiary/aromatic N) is 5. The van der Waals surface area contributed by atoms with Crippen molar-refractivity contribution < 1.29 is 4.74 Å². The fraction of sp³-hybridized carbons (Fsp3) is 0.180. The van der Waals surface area contributed by atoms with Gasteiger partial charge in [0.2, 0.25) is 0 Å². The average molecular weight is 1240 g/mol. The van der Waals surface area contributed by atoms with Crippen molar-refractivity contribution in [3.63, 3.8) is 0 Å². The maximum Gasteiger partial charge on any atom is 0.256 e. The van der Waals surface area contributed by atoms with Gasteiger partial charge in [0.1, 0.15) is 11.5 Å². The molecule has 0 N–H and O–H groups in total. The molecule has 12 aromatic carbocycles. The molecule has 0 fully saturated rings. The van der Waals surface area contributed by atoms with E-state index in [1.54, 1.807) is 0 Å². The molecule has 0 radical (unpaired) electrons. The maximum absolute atomic E-state index is 10.1. The van der Waals surface area contributed by atoms with Crippen molar-refractivity contribution in [2.75, 3.05) is 4.90 Å². The lowest BCUT2D eigenvalue weighted by Gasteiger charge is -2.42. The van der Waals surface area contributed by atoms with E-state index >= 15 is 0 Å². The first kappa shape index (κ1) is 59.0. The number of para-hydroxylation sites is 2. The van der Waals surface area contributed by atoms with Gasteiger partial charge in [-0.2, -0.15) is 5.26 Å². The van der Waals surface area contributed by atoms with Gasteiger partial charge in [0, 0.05) is 72.3 Å². The number of rotatable bonds is 6. The highest BCUT2D eigenvalue weighted by Gasteiger charge is 2.45. The molecule has 2 aliphatic heterocycles. The molecule has 0 unspecified atom stereocenters. The maximum atomic E-state index is 10.1. The lowest BCUT2D eigenvalue weighted by Crippen LogP contribution is -2.59. The van der Waals surface area contributed by atoms with Crippen molar-refractivity contribution in [2.45, 2.75) is 105 Å². The summed E-state index contributed by atoms with van der Waals surface area (Å²) in [6.45, 7) is 27.5. The minimum atomic E-state index is -0.294. The van der Waals surface area contributed by atoms with Gasteiger partial charge in [-0.25, -0.2) is 0 Å². The van der Waals surface area contributed by atoms with Gasteiger partial charge in [-0.15, -0.1) is 0 Å². The van der Waals surface area contributed by atoms with E-state index in [9.17, 15) is 5.26 Å². The van der Waals surface area contributed by atoms with E-state index in [0.29, 0.717) is 5.56 Å². The van der Waals surface area contributed by atoms with Gasteiger partial charge in [0.25, 0.3) is 6.71 Å². The van der Waals surface area contributed by atoms with Crippen LogP contribution in [0.1, 0.15) is 111 Å². The molecule has 5 heterocycles. The van der Waals surface area contributed by atoms with Gasteiger partial charge < -0.3 is 23.3 Å². The molecule has 466 valence electrons. The highest BCUT2D eigenvalue weighted by atomic mass is 16.5. The molecule has 0 aliphatic carbocycles. The van der Waals surface area contributed by atoms with Gasteiger partial charge in [0.15, 0.2) is 0 Å². The smallest absolute Gasteiger partial charge is 0.256 e. The molecule has 96 heavy (non-hydrogen) atoms. The topological polar surface area (TPSA) is 51.0 Å². The zero-order chi connectivity index (χ0) is 66.1. The fourth-order valence-corrected chi connectivity index (χ4v) is 15.6. The summed E-state index contributed by atoms with van der Waals surface area (Å²) in [5.41, 5.74) is 26.1. The van der Waals surface area contributed by atoms with Gasteiger partial charge >= 0.3 is 0 Å². The minimum absolute atomic E-state index is 0.0593.